The molecule has 0 unspecified atom stereocenters. The van der Waals surface area contributed by atoms with E-state index in [1.807, 2.05) is 0 Å². The number of hydrogen-bond donors (Lipinski definition) is 2. The summed E-state index contributed by atoms with van der Waals surface area (Å²) in [5, 5.41) is 13.6. The van der Waals surface area contributed by atoms with Gasteiger partial charge in [0.2, 0.25) is 10.0 Å². The average molecular weight is 273 g/mol. The second-order valence-electron chi connectivity index (χ2n) is 3.47. The minimum Gasteiger partial charge on any atom is -0.380 e. The van der Waals surface area contributed by atoms with Gasteiger partial charge in [-0.2, -0.15) is 0 Å². The van der Waals surface area contributed by atoms with E-state index in [9.17, 15) is 18.5 Å². The predicted octanol–water partition coefficient (Wildman–Crippen LogP) is 1.32. The molecule has 7 nitrogen and oxygen atoms in total. The molecule has 1 aromatic carbocycles. The summed E-state index contributed by atoms with van der Waals surface area (Å²) < 4.78 is 25.9. The van der Waals surface area contributed by atoms with E-state index < -0.39 is 14.9 Å². The summed E-state index contributed by atoms with van der Waals surface area (Å²) in [7, 11) is -3.61. The number of nitro groups is 1. The number of anilines is 1. The van der Waals surface area contributed by atoms with Gasteiger partial charge < -0.3 is 5.32 Å². The standard InChI is InChI=1S/C10H15N3O4S/c1-3-11-9-7-8(18(16,17)12-4-2)5-6-10(9)13(14)15/h5-7,11-12H,3-4H2,1-2H3. The van der Waals surface area contributed by atoms with Crippen molar-refractivity contribution in [3.05, 3.63) is 28.3 Å². The fraction of sp³-hybridized carbons (Fsp3) is 0.400. The van der Waals surface area contributed by atoms with Crippen LogP contribution < -0.4 is 10.0 Å². The number of benzene rings is 1. The molecule has 0 bridgehead atoms. The van der Waals surface area contributed by atoms with Gasteiger partial charge in [-0.25, -0.2) is 13.1 Å². The summed E-state index contributed by atoms with van der Waals surface area (Å²) in [6.07, 6.45) is 0. The van der Waals surface area contributed by atoms with Crippen molar-refractivity contribution >= 4 is 21.4 Å². The topological polar surface area (TPSA) is 101 Å². The van der Waals surface area contributed by atoms with Gasteiger partial charge in [-0.15, -0.1) is 0 Å². The number of rotatable bonds is 6. The first-order chi connectivity index (χ1) is 8.42. The van der Waals surface area contributed by atoms with Crippen LogP contribution in [-0.4, -0.2) is 26.4 Å². The fourth-order valence-corrected chi connectivity index (χ4v) is 2.51. The van der Waals surface area contributed by atoms with E-state index in [1.165, 1.54) is 18.2 Å². The third kappa shape index (κ3) is 3.17. The summed E-state index contributed by atoms with van der Waals surface area (Å²) in [6.45, 7) is 4.16. The Morgan fingerprint density at radius 1 is 1.28 bits per heavy atom. The largest absolute Gasteiger partial charge is 0.380 e. The lowest BCUT2D eigenvalue weighted by Crippen LogP contribution is -2.23. The van der Waals surface area contributed by atoms with Crippen molar-refractivity contribution in [3.63, 3.8) is 0 Å². The molecule has 0 spiro atoms. The molecule has 2 N–H and O–H groups in total. The van der Waals surface area contributed by atoms with Crippen LogP contribution in [0.1, 0.15) is 13.8 Å². The molecule has 0 aromatic heterocycles. The first-order valence-electron chi connectivity index (χ1n) is 5.44. The van der Waals surface area contributed by atoms with Crippen LogP contribution in [0.4, 0.5) is 11.4 Å². The van der Waals surface area contributed by atoms with Gasteiger partial charge in [-0.05, 0) is 19.1 Å². The first-order valence-corrected chi connectivity index (χ1v) is 6.92. The van der Waals surface area contributed by atoms with Crippen LogP contribution in [-0.2, 0) is 10.0 Å². The molecule has 100 valence electrons. The Bertz CT molecular complexity index is 542. The summed E-state index contributed by atoms with van der Waals surface area (Å²) in [5.41, 5.74) is 0.0498. The van der Waals surface area contributed by atoms with Crippen molar-refractivity contribution in [2.24, 2.45) is 0 Å². The molecule has 0 aliphatic heterocycles. The summed E-state index contributed by atoms with van der Waals surface area (Å²) in [4.78, 5) is 10.2. The highest BCUT2D eigenvalue weighted by molar-refractivity contribution is 7.89. The van der Waals surface area contributed by atoms with Crippen LogP contribution in [0, 0.1) is 10.1 Å². The molecule has 0 saturated carbocycles. The smallest absolute Gasteiger partial charge is 0.292 e. The fourth-order valence-electron chi connectivity index (χ4n) is 1.45. The molecular weight excluding hydrogens is 258 g/mol. The molecule has 0 fully saturated rings. The Morgan fingerprint density at radius 2 is 1.94 bits per heavy atom. The maximum absolute atomic E-state index is 11.8. The van der Waals surface area contributed by atoms with Crippen LogP contribution >= 0.6 is 0 Å². The van der Waals surface area contributed by atoms with E-state index in [2.05, 4.69) is 10.0 Å². The van der Waals surface area contributed by atoms with Gasteiger partial charge in [0.25, 0.3) is 5.69 Å². The average Bonchev–Trinajstić information content (AvgIpc) is 2.29. The Morgan fingerprint density at radius 3 is 2.44 bits per heavy atom. The highest BCUT2D eigenvalue weighted by Crippen LogP contribution is 2.27. The zero-order chi connectivity index (χ0) is 13.8. The molecule has 0 heterocycles. The molecule has 0 aliphatic rings. The number of hydrogen-bond acceptors (Lipinski definition) is 5. The normalized spacial score (nSPS) is 11.2. The lowest BCUT2D eigenvalue weighted by atomic mass is 10.2. The van der Waals surface area contributed by atoms with E-state index in [1.54, 1.807) is 13.8 Å². The second-order valence-corrected chi connectivity index (χ2v) is 5.23. The third-order valence-corrected chi connectivity index (χ3v) is 3.72. The quantitative estimate of drug-likeness (QED) is 0.601. The third-order valence-electron chi connectivity index (χ3n) is 2.18. The number of sulfonamides is 1. The number of nitrogens with one attached hydrogen (secondary N) is 2. The lowest BCUT2D eigenvalue weighted by Gasteiger charge is -2.08. The Balaban J connectivity index is 3.27. The molecular formula is C10H15N3O4S. The summed E-state index contributed by atoms with van der Waals surface area (Å²) in [6, 6.07) is 3.67. The SMILES string of the molecule is CCNc1cc(S(=O)(=O)NCC)ccc1[N+](=O)[O-]. The zero-order valence-corrected chi connectivity index (χ0v) is 11.0. The zero-order valence-electron chi connectivity index (χ0n) is 10.1. The van der Waals surface area contributed by atoms with Gasteiger partial charge in [0.15, 0.2) is 0 Å². The van der Waals surface area contributed by atoms with Crippen LogP contribution in [0.3, 0.4) is 0 Å². The predicted molar refractivity (Wildman–Crippen MR) is 68.1 cm³/mol. The molecule has 8 heteroatoms. The van der Waals surface area contributed by atoms with E-state index in [4.69, 9.17) is 0 Å². The van der Waals surface area contributed by atoms with Gasteiger partial charge in [0.05, 0.1) is 9.82 Å². The Kier molecular flexibility index (Phi) is 4.62. The molecule has 0 aliphatic carbocycles. The molecule has 18 heavy (non-hydrogen) atoms. The van der Waals surface area contributed by atoms with Crippen molar-refractivity contribution in [2.75, 3.05) is 18.4 Å². The van der Waals surface area contributed by atoms with Crippen molar-refractivity contribution < 1.29 is 13.3 Å². The summed E-state index contributed by atoms with van der Waals surface area (Å²) in [5.74, 6) is 0. The van der Waals surface area contributed by atoms with Crippen molar-refractivity contribution in [2.45, 2.75) is 18.7 Å². The van der Waals surface area contributed by atoms with E-state index in [-0.39, 0.29) is 22.8 Å². The molecule has 0 atom stereocenters. The molecule has 1 rings (SSSR count). The maximum Gasteiger partial charge on any atom is 0.292 e. The van der Waals surface area contributed by atoms with E-state index >= 15 is 0 Å². The van der Waals surface area contributed by atoms with Crippen molar-refractivity contribution in [1.82, 2.24) is 4.72 Å². The Hall–Kier alpha value is -1.67. The minimum absolute atomic E-state index is 0.00546. The van der Waals surface area contributed by atoms with E-state index in [0.29, 0.717) is 6.54 Å². The maximum atomic E-state index is 11.8. The Labute approximate surface area is 105 Å². The van der Waals surface area contributed by atoms with Gasteiger partial charge in [0, 0.05) is 19.2 Å². The van der Waals surface area contributed by atoms with Crippen LogP contribution in [0.15, 0.2) is 23.1 Å². The monoisotopic (exact) mass is 273 g/mol. The number of nitro benzene ring substituents is 1. The summed E-state index contributed by atoms with van der Waals surface area (Å²) >= 11 is 0. The molecule has 0 radical (unpaired) electrons. The first kappa shape index (κ1) is 14.4. The van der Waals surface area contributed by atoms with Crippen LogP contribution in [0.2, 0.25) is 0 Å². The second kappa shape index (κ2) is 5.78. The van der Waals surface area contributed by atoms with Gasteiger partial charge >= 0.3 is 0 Å². The van der Waals surface area contributed by atoms with E-state index in [0.717, 1.165) is 0 Å². The van der Waals surface area contributed by atoms with Crippen LogP contribution in [0.25, 0.3) is 0 Å². The van der Waals surface area contributed by atoms with Crippen molar-refractivity contribution in [1.29, 1.82) is 0 Å². The highest BCUT2D eigenvalue weighted by Gasteiger charge is 2.19. The van der Waals surface area contributed by atoms with Gasteiger partial charge in [0.1, 0.15) is 5.69 Å². The molecule has 0 amide bonds. The lowest BCUT2D eigenvalue weighted by molar-refractivity contribution is -0.384. The van der Waals surface area contributed by atoms with Gasteiger partial charge in [-0.3, -0.25) is 10.1 Å². The van der Waals surface area contributed by atoms with Crippen molar-refractivity contribution in [3.8, 4) is 0 Å². The highest BCUT2D eigenvalue weighted by atomic mass is 32.2. The molecule has 1 aromatic rings. The van der Waals surface area contributed by atoms with Gasteiger partial charge in [-0.1, -0.05) is 6.92 Å². The molecule has 0 saturated heterocycles. The van der Waals surface area contributed by atoms with Crippen LogP contribution in [0.5, 0.6) is 0 Å². The number of nitrogens with zero attached hydrogens (tertiary/aromatic N) is 1. The minimum atomic E-state index is -3.61.